The van der Waals surface area contributed by atoms with Gasteiger partial charge in [-0.05, 0) is 24.2 Å². The second kappa shape index (κ2) is 5.93. The van der Waals surface area contributed by atoms with E-state index in [9.17, 15) is 14.7 Å². The summed E-state index contributed by atoms with van der Waals surface area (Å²) >= 11 is 6.94. The van der Waals surface area contributed by atoms with Gasteiger partial charge in [-0.15, -0.1) is 11.3 Å². The molecule has 1 fully saturated rings. The number of piperidine rings is 1. The third-order valence-electron chi connectivity index (χ3n) is 4.05. The number of hydrogen-bond acceptors (Lipinski definition) is 4. The Morgan fingerprint density at radius 1 is 1.43 bits per heavy atom. The van der Waals surface area contributed by atoms with Crippen molar-refractivity contribution in [1.29, 1.82) is 0 Å². The Balaban J connectivity index is 2.25. The zero-order chi connectivity index (χ0) is 15.8. The molecule has 5 nitrogen and oxygen atoms in total. The monoisotopic (exact) mass is 330 g/mol. The number of carboxylic acid groups (broad SMARTS) is 1. The van der Waals surface area contributed by atoms with E-state index in [-0.39, 0.29) is 27.4 Å². The number of carbonyl (C=O) groups is 2. The fraction of sp³-hybridized carbons (Fsp3) is 0.643. The smallest absolute Gasteiger partial charge is 0.326 e. The zero-order valence-electron chi connectivity index (χ0n) is 12.3. The van der Waals surface area contributed by atoms with Crippen molar-refractivity contribution in [2.45, 2.75) is 39.7 Å². The largest absolute Gasteiger partial charge is 0.480 e. The number of hydrogen-bond donors (Lipinski definition) is 1. The molecule has 0 saturated carbocycles. The van der Waals surface area contributed by atoms with E-state index < -0.39 is 12.0 Å². The maximum Gasteiger partial charge on any atom is 0.326 e. The Morgan fingerprint density at radius 3 is 2.57 bits per heavy atom. The molecule has 0 aromatic carbocycles. The van der Waals surface area contributed by atoms with Crippen LogP contribution in [0.25, 0.3) is 0 Å². The number of halogens is 1. The molecule has 2 atom stereocenters. The molecule has 21 heavy (non-hydrogen) atoms. The molecule has 116 valence electrons. The van der Waals surface area contributed by atoms with Crippen molar-refractivity contribution in [1.82, 2.24) is 9.88 Å². The van der Waals surface area contributed by atoms with Gasteiger partial charge in [-0.1, -0.05) is 32.4 Å². The molecule has 1 aromatic rings. The summed E-state index contributed by atoms with van der Waals surface area (Å²) < 4.78 is 0.287. The number of carbonyl (C=O) groups excluding carboxylic acids is 1. The Labute approximate surface area is 132 Å². The minimum absolute atomic E-state index is 0.0295. The number of aliphatic carboxylic acids is 1. The third kappa shape index (κ3) is 3.55. The van der Waals surface area contributed by atoms with Gasteiger partial charge in [-0.3, -0.25) is 4.79 Å². The lowest BCUT2D eigenvalue weighted by molar-refractivity contribution is -0.144. The van der Waals surface area contributed by atoms with Crippen LogP contribution in [-0.2, 0) is 4.79 Å². The molecule has 1 amide bonds. The van der Waals surface area contributed by atoms with Crippen molar-refractivity contribution in [3.63, 3.8) is 0 Å². The zero-order valence-corrected chi connectivity index (χ0v) is 13.9. The van der Waals surface area contributed by atoms with Crippen molar-refractivity contribution in [3.05, 3.63) is 15.5 Å². The summed E-state index contributed by atoms with van der Waals surface area (Å²) in [6.07, 6.45) is 1.28. The van der Waals surface area contributed by atoms with Crippen LogP contribution < -0.4 is 0 Å². The standard InChI is InChI=1S/C14H19ClN2O3S/c1-14(2,3)8-4-5-10(12(19)20)17(6-8)11(18)9-7-21-13(15)16-9/h7-8,10H,4-6H2,1-3H3,(H,19,20). The van der Waals surface area contributed by atoms with E-state index in [4.69, 9.17) is 11.6 Å². The first-order valence-electron chi connectivity index (χ1n) is 6.85. The number of carboxylic acids is 1. The topological polar surface area (TPSA) is 70.5 Å². The summed E-state index contributed by atoms with van der Waals surface area (Å²) in [5.74, 6) is -1.04. The molecule has 7 heteroatoms. The summed E-state index contributed by atoms with van der Waals surface area (Å²) in [5, 5.41) is 10.9. The number of amides is 1. The molecule has 2 unspecified atom stereocenters. The number of aromatic nitrogens is 1. The molecule has 1 aliphatic heterocycles. The molecular weight excluding hydrogens is 312 g/mol. The van der Waals surface area contributed by atoms with Gasteiger partial charge < -0.3 is 10.0 Å². The highest BCUT2D eigenvalue weighted by atomic mass is 35.5. The SMILES string of the molecule is CC(C)(C)C1CCC(C(=O)O)N(C(=O)c2csc(Cl)n2)C1. The first-order chi connectivity index (χ1) is 9.70. The molecule has 2 heterocycles. The molecule has 0 bridgehead atoms. The molecule has 1 aromatic heterocycles. The van der Waals surface area contributed by atoms with Gasteiger partial charge in [0.1, 0.15) is 11.7 Å². The van der Waals surface area contributed by atoms with Gasteiger partial charge in [0.25, 0.3) is 5.91 Å². The highest BCUT2D eigenvalue weighted by molar-refractivity contribution is 7.14. The maximum absolute atomic E-state index is 12.5. The summed E-state index contributed by atoms with van der Waals surface area (Å²) in [6, 6.07) is -0.781. The van der Waals surface area contributed by atoms with Gasteiger partial charge in [0.15, 0.2) is 4.47 Å². The first kappa shape index (κ1) is 16.2. The van der Waals surface area contributed by atoms with Crippen LogP contribution in [0.4, 0.5) is 0 Å². The predicted octanol–water partition coefficient (Wildman–Crippen LogP) is 3.15. The van der Waals surface area contributed by atoms with Crippen LogP contribution in [0.2, 0.25) is 4.47 Å². The van der Waals surface area contributed by atoms with Crippen molar-refractivity contribution in [2.24, 2.45) is 11.3 Å². The molecule has 0 radical (unpaired) electrons. The van der Waals surface area contributed by atoms with E-state index in [1.54, 1.807) is 5.38 Å². The summed E-state index contributed by atoms with van der Waals surface area (Å²) in [4.78, 5) is 29.4. The molecule has 1 saturated heterocycles. The minimum Gasteiger partial charge on any atom is -0.480 e. The minimum atomic E-state index is -0.961. The first-order valence-corrected chi connectivity index (χ1v) is 8.10. The second-order valence-electron chi connectivity index (χ2n) is 6.44. The van der Waals surface area contributed by atoms with Gasteiger partial charge in [0.05, 0.1) is 0 Å². The molecular formula is C14H19ClN2O3S. The van der Waals surface area contributed by atoms with Crippen LogP contribution in [0.3, 0.4) is 0 Å². The lowest BCUT2D eigenvalue weighted by atomic mass is 9.75. The van der Waals surface area contributed by atoms with Crippen molar-refractivity contribution in [3.8, 4) is 0 Å². The normalized spacial score (nSPS) is 23.1. The van der Waals surface area contributed by atoms with Crippen LogP contribution in [0.5, 0.6) is 0 Å². The highest BCUT2D eigenvalue weighted by Crippen LogP contribution is 2.36. The Hall–Kier alpha value is -1.14. The van der Waals surface area contributed by atoms with E-state index >= 15 is 0 Å². The highest BCUT2D eigenvalue weighted by Gasteiger charge is 2.40. The number of likely N-dealkylation sites (tertiary alicyclic amines) is 1. The summed E-state index contributed by atoms with van der Waals surface area (Å²) in [7, 11) is 0. The summed E-state index contributed by atoms with van der Waals surface area (Å²) in [6.45, 7) is 6.78. The van der Waals surface area contributed by atoms with Crippen molar-refractivity contribution >= 4 is 34.8 Å². The molecule has 0 aliphatic carbocycles. The van der Waals surface area contributed by atoms with Crippen molar-refractivity contribution in [2.75, 3.05) is 6.54 Å². The predicted molar refractivity (Wildman–Crippen MR) is 81.8 cm³/mol. The van der Waals surface area contributed by atoms with Gasteiger partial charge >= 0.3 is 5.97 Å². The van der Waals surface area contributed by atoms with E-state index in [2.05, 4.69) is 25.8 Å². The number of thiazole rings is 1. The van der Waals surface area contributed by atoms with Crippen LogP contribution in [0, 0.1) is 11.3 Å². The quantitative estimate of drug-likeness (QED) is 0.904. The fourth-order valence-electron chi connectivity index (χ4n) is 2.66. The lowest BCUT2D eigenvalue weighted by Crippen LogP contribution is -2.52. The van der Waals surface area contributed by atoms with E-state index in [1.807, 2.05) is 0 Å². The van der Waals surface area contributed by atoms with Crippen LogP contribution >= 0.6 is 22.9 Å². The van der Waals surface area contributed by atoms with E-state index in [1.165, 1.54) is 16.2 Å². The van der Waals surface area contributed by atoms with Gasteiger partial charge in [0.2, 0.25) is 0 Å². The van der Waals surface area contributed by atoms with Gasteiger partial charge in [0, 0.05) is 11.9 Å². The lowest BCUT2D eigenvalue weighted by Gasteiger charge is -2.42. The molecule has 1 aliphatic rings. The van der Waals surface area contributed by atoms with Crippen LogP contribution in [-0.4, -0.2) is 39.5 Å². The van der Waals surface area contributed by atoms with Gasteiger partial charge in [-0.2, -0.15) is 0 Å². The van der Waals surface area contributed by atoms with E-state index in [0.717, 1.165) is 6.42 Å². The average molecular weight is 331 g/mol. The fourth-order valence-corrected chi connectivity index (χ4v) is 3.39. The number of nitrogens with zero attached hydrogens (tertiary/aromatic N) is 2. The Kier molecular flexibility index (Phi) is 4.58. The molecule has 1 N–H and O–H groups in total. The third-order valence-corrected chi connectivity index (χ3v) is 5.03. The van der Waals surface area contributed by atoms with Crippen LogP contribution in [0.15, 0.2) is 5.38 Å². The van der Waals surface area contributed by atoms with E-state index in [0.29, 0.717) is 13.0 Å². The average Bonchev–Trinajstić information content (AvgIpc) is 2.82. The Morgan fingerprint density at radius 2 is 2.10 bits per heavy atom. The summed E-state index contributed by atoms with van der Waals surface area (Å²) in [5.41, 5.74) is 0.257. The molecule has 2 rings (SSSR count). The van der Waals surface area contributed by atoms with Gasteiger partial charge in [-0.25, -0.2) is 9.78 Å². The Bertz CT molecular complexity index is 553. The second-order valence-corrected chi connectivity index (χ2v) is 7.88. The molecule has 0 spiro atoms. The van der Waals surface area contributed by atoms with Crippen molar-refractivity contribution < 1.29 is 14.7 Å². The number of rotatable bonds is 2. The maximum atomic E-state index is 12.5. The van der Waals surface area contributed by atoms with Crippen LogP contribution in [0.1, 0.15) is 44.1 Å².